The topological polar surface area (TPSA) is 82.8 Å². The molecule has 0 saturated heterocycles. The van der Waals surface area contributed by atoms with Gasteiger partial charge in [-0.15, -0.1) is 0 Å². The minimum absolute atomic E-state index is 0.0471. The van der Waals surface area contributed by atoms with Crippen LogP contribution in [0.25, 0.3) is 0 Å². The fraction of sp³-hybridized carbons (Fsp3) is 0.190. The molecule has 0 amide bonds. The molecule has 0 unspecified atom stereocenters. The molecule has 6 nitrogen and oxygen atoms in total. The molecule has 28 heavy (non-hydrogen) atoms. The molecule has 7 heteroatoms. The molecule has 0 N–H and O–H groups in total. The van der Waals surface area contributed by atoms with Gasteiger partial charge >= 0.3 is 5.97 Å². The number of furan rings is 1. The van der Waals surface area contributed by atoms with Crippen LogP contribution < -0.4 is 4.74 Å². The zero-order chi connectivity index (χ0) is 20.0. The summed E-state index contributed by atoms with van der Waals surface area (Å²) in [6.45, 7) is 2.17. The van der Waals surface area contributed by atoms with Gasteiger partial charge in [-0.1, -0.05) is 36.4 Å². The van der Waals surface area contributed by atoms with Gasteiger partial charge in [-0.2, -0.15) is 0 Å². The summed E-state index contributed by atoms with van der Waals surface area (Å²) in [6.07, 6.45) is 0. The summed E-state index contributed by atoms with van der Waals surface area (Å²) in [5, 5.41) is 0. The van der Waals surface area contributed by atoms with Gasteiger partial charge in [0.25, 0.3) is 0 Å². The number of ether oxygens (including phenoxy) is 2. The van der Waals surface area contributed by atoms with Crippen LogP contribution in [0.4, 0.5) is 0 Å². The van der Waals surface area contributed by atoms with Gasteiger partial charge in [-0.25, -0.2) is 13.2 Å². The Morgan fingerprint density at radius 3 is 2.39 bits per heavy atom. The van der Waals surface area contributed by atoms with E-state index in [1.54, 1.807) is 18.2 Å². The van der Waals surface area contributed by atoms with Crippen LogP contribution in [-0.2, 0) is 20.3 Å². The summed E-state index contributed by atoms with van der Waals surface area (Å²) in [5.41, 5.74) is 0.990. The Kier molecular flexibility index (Phi) is 6.16. The molecule has 2 aromatic carbocycles. The maximum absolute atomic E-state index is 12.4. The number of hydrogen-bond acceptors (Lipinski definition) is 6. The van der Waals surface area contributed by atoms with E-state index in [1.165, 1.54) is 24.3 Å². The van der Waals surface area contributed by atoms with Crippen molar-refractivity contribution in [1.82, 2.24) is 0 Å². The Balaban J connectivity index is 1.52. The van der Waals surface area contributed by atoms with Crippen LogP contribution >= 0.6 is 0 Å². The van der Waals surface area contributed by atoms with Crippen molar-refractivity contribution in [3.63, 3.8) is 0 Å². The lowest BCUT2D eigenvalue weighted by Crippen LogP contribution is -2.12. The molecule has 3 rings (SSSR count). The van der Waals surface area contributed by atoms with Crippen LogP contribution in [-0.4, -0.2) is 27.6 Å². The number of para-hydroxylation sites is 1. The van der Waals surface area contributed by atoms with Crippen molar-refractivity contribution in [1.29, 1.82) is 0 Å². The van der Waals surface area contributed by atoms with Crippen LogP contribution in [0.5, 0.6) is 5.75 Å². The molecule has 1 aromatic heterocycles. The highest BCUT2D eigenvalue weighted by molar-refractivity contribution is 7.90. The zero-order valence-electron chi connectivity index (χ0n) is 15.3. The standard InChI is InChI=1S/C21H20O6S/c1-16-7-5-6-10-19(16)25-13-14-26-21(22)20-12-11-17(27-20)15-28(23,24)18-8-3-2-4-9-18/h2-12H,13-15H2,1H3. The molecule has 0 aliphatic rings. The van der Waals surface area contributed by atoms with Crippen molar-refractivity contribution in [2.45, 2.75) is 17.6 Å². The molecule has 1 heterocycles. The fourth-order valence-corrected chi connectivity index (χ4v) is 3.81. The number of rotatable bonds is 8. The van der Waals surface area contributed by atoms with Crippen LogP contribution in [0.3, 0.4) is 0 Å². The highest BCUT2D eigenvalue weighted by Crippen LogP contribution is 2.19. The lowest BCUT2D eigenvalue weighted by molar-refractivity contribution is 0.0413. The van der Waals surface area contributed by atoms with Crippen molar-refractivity contribution in [2.24, 2.45) is 0 Å². The average molecular weight is 400 g/mol. The van der Waals surface area contributed by atoms with Gasteiger partial charge in [-0.3, -0.25) is 0 Å². The third-order valence-electron chi connectivity index (χ3n) is 3.97. The molecule has 0 aliphatic carbocycles. The normalized spacial score (nSPS) is 11.2. The summed E-state index contributed by atoms with van der Waals surface area (Å²) in [4.78, 5) is 12.2. The minimum atomic E-state index is -3.55. The Labute approximate surface area is 163 Å². The summed E-state index contributed by atoms with van der Waals surface area (Å²) < 4.78 is 40.7. The van der Waals surface area contributed by atoms with Crippen LogP contribution in [0.15, 0.2) is 76.0 Å². The Morgan fingerprint density at radius 1 is 0.929 bits per heavy atom. The van der Waals surface area contributed by atoms with Gasteiger partial charge in [0, 0.05) is 0 Å². The SMILES string of the molecule is Cc1ccccc1OCCOC(=O)c1ccc(CS(=O)(=O)c2ccccc2)o1. The minimum Gasteiger partial charge on any atom is -0.490 e. The van der Waals surface area contributed by atoms with E-state index in [0.717, 1.165) is 11.3 Å². The smallest absolute Gasteiger partial charge is 0.374 e. The first kappa shape index (κ1) is 19.7. The quantitative estimate of drug-likeness (QED) is 0.423. The number of carbonyl (C=O) groups excluding carboxylic acids is 1. The fourth-order valence-electron chi connectivity index (χ4n) is 2.54. The van der Waals surface area contributed by atoms with E-state index in [4.69, 9.17) is 13.9 Å². The lowest BCUT2D eigenvalue weighted by atomic mass is 10.2. The van der Waals surface area contributed by atoms with E-state index < -0.39 is 15.8 Å². The molecule has 0 spiro atoms. The van der Waals surface area contributed by atoms with E-state index >= 15 is 0 Å². The Hall–Kier alpha value is -3.06. The van der Waals surface area contributed by atoms with Crippen LogP contribution in [0, 0.1) is 6.92 Å². The zero-order valence-corrected chi connectivity index (χ0v) is 16.1. The first-order valence-corrected chi connectivity index (χ1v) is 10.3. The molecule has 0 bridgehead atoms. The van der Waals surface area contributed by atoms with E-state index in [9.17, 15) is 13.2 Å². The molecule has 3 aromatic rings. The Bertz CT molecular complexity index is 1040. The highest BCUT2D eigenvalue weighted by Gasteiger charge is 2.19. The van der Waals surface area contributed by atoms with Crippen molar-refractivity contribution in [3.05, 3.63) is 83.8 Å². The van der Waals surface area contributed by atoms with Gasteiger partial charge in [-0.05, 0) is 42.8 Å². The molecule has 0 aliphatic heterocycles. The number of sulfone groups is 1. The van der Waals surface area contributed by atoms with Crippen molar-refractivity contribution >= 4 is 15.8 Å². The van der Waals surface area contributed by atoms with Gasteiger partial charge in [0.2, 0.25) is 5.76 Å². The van der Waals surface area contributed by atoms with E-state index in [0.29, 0.717) is 0 Å². The number of carbonyl (C=O) groups is 1. The molecule has 0 saturated carbocycles. The predicted molar refractivity (Wildman–Crippen MR) is 103 cm³/mol. The molecule has 0 radical (unpaired) electrons. The maximum atomic E-state index is 12.4. The number of hydrogen-bond donors (Lipinski definition) is 0. The predicted octanol–water partition coefficient (Wildman–Crippen LogP) is 3.80. The molecule has 0 atom stereocenters. The second-order valence-electron chi connectivity index (χ2n) is 6.09. The first-order valence-electron chi connectivity index (χ1n) is 8.68. The summed E-state index contributed by atoms with van der Waals surface area (Å²) >= 11 is 0. The van der Waals surface area contributed by atoms with Gasteiger partial charge < -0.3 is 13.9 Å². The summed E-state index contributed by atoms with van der Waals surface area (Å²) in [7, 11) is -3.55. The summed E-state index contributed by atoms with van der Waals surface area (Å²) in [5.74, 6) is -0.149. The molecule has 146 valence electrons. The third-order valence-corrected chi connectivity index (χ3v) is 5.62. The summed E-state index contributed by atoms with van der Waals surface area (Å²) in [6, 6.07) is 18.5. The highest BCUT2D eigenvalue weighted by atomic mass is 32.2. The number of benzene rings is 2. The maximum Gasteiger partial charge on any atom is 0.374 e. The monoisotopic (exact) mass is 400 g/mol. The number of aryl methyl sites for hydroxylation is 1. The largest absolute Gasteiger partial charge is 0.490 e. The van der Waals surface area contributed by atoms with Crippen molar-refractivity contribution < 1.29 is 27.1 Å². The molecular formula is C21H20O6S. The van der Waals surface area contributed by atoms with Crippen LogP contribution in [0.2, 0.25) is 0 Å². The van der Waals surface area contributed by atoms with Gasteiger partial charge in [0.05, 0.1) is 4.90 Å². The second-order valence-corrected chi connectivity index (χ2v) is 8.08. The van der Waals surface area contributed by atoms with E-state index in [2.05, 4.69) is 0 Å². The second kappa shape index (κ2) is 8.75. The van der Waals surface area contributed by atoms with Gasteiger partial charge in [0.15, 0.2) is 9.84 Å². The van der Waals surface area contributed by atoms with Crippen molar-refractivity contribution in [3.8, 4) is 5.75 Å². The van der Waals surface area contributed by atoms with E-state index in [1.807, 2.05) is 31.2 Å². The molecular weight excluding hydrogens is 380 g/mol. The number of esters is 1. The van der Waals surface area contributed by atoms with Gasteiger partial charge in [0.1, 0.15) is 30.5 Å². The Morgan fingerprint density at radius 2 is 1.64 bits per heavy atom. The van der Waals surface area contributed by atoms with E-state index in [-0.39, 0.29) is 35.4 Å². The lowest BCUT2D eigenvalue weighted by Gasteiger charge is -2.08. The molecule has 0 fully saturated rings. The third kappa shape index (κ3) is 5.01. The van der Waals surface area contributed by atoms with Crippen molar-refractivity contribution in [2.75, 3.05) is 13.2 Å². The average Bonchev–Trinajstić information content (AvgIpc) is 3.15. The van der Waals surface area contributed by atoms with Crippen LogP contribution in [0.1, 0.15) is 21.9 Å². The first-order chi connectivity index (χ1) is 13.5.